The maximum absolute atomic E-state index is 13.5. The molecule has 0 aliphatic carbocycles. The Morgan fingerprint density at radius 1 is 1.33 bits per heavy atom. The smallest absolute Gasteiger partial charge is 0.326 e. The zero-order chi connectivity index (χ0) is 16.2. The van der Waals surface area contributed by atoms with Crippen LogP contribution in [0.3, 0.4) is 0 Å². The summed E-state index contributed by atoms with van der Waals surface area (Å²) in [5.74, 6) is -1.50. The van der Waals surface area contributed by atoms with E-state index in [4.69, 9.17) is 0 Å². The molecule has 6 heteroatoms. The lowest BCUT2D eigenvalue weighted by Crippen LogP contribution is -2.52. The summed E-state index contributed by atoms with van der Waals surface area (Å²) in [7, 11) is 1.49. The number of carbonyl (C=O) groups is 2. The average molecular weight is 296 g/mol. The summed E-state index contributed by atoms with van der Waals surface area (Å²) in [6.07, 6.45) is 0. The monoisotopic (exact) mass is 296 g/mol. The Morgan fingerprint density at radius 2 is 1.90 bits per heavy atom. The fraction of sp³-hybridized carbons (Fsp3) is 0.467. The van der Waals surface area contributed by atoms with Crippen molar-refractivity contribution in [2.45, 2.75) is 33.4 Å². The van der Waals surface area contributed by atoms with Crippen LogP contribution in [0, 0.1) is 11.2 Å². The molecule has 0 aromatic heterocycles. The Hall–Kier alpha value is -2.11. The first-order valence-corrected chi connectivity index (χ1v) is 6.60. The number of carbonyl (C=O) groups excluding carboxylic acids is 1. The Bertz CT molecular complexity index is 526. The highest BCUT2D eigenvalue weighted by Crippen LogP contribution is 2.19. The summed E-state index contributed by atoms with van der Waals surface area (Å²) in [6, 6.07) is 4.57. The van der Waals surface area contributed by atoms with E-state index in [1.54, 1.807) is 39.0 Å². The molecule has 21 heavy (non-hydrogen) atoms. The lowest BCUT2D eigenvalue weighted by Gasteiger charge is -2.29. The molecule has 2 amide bonds. The van der Waals surface area contributed by atoms with Gasteiger partial charge in [0.1, 0.15) is 11.9 Å². The Kier molecular flexibility index (Phi) is 5.29. The summed E-state index contributed by atoms with van der Waals surface area (Å²) in [4.78, 5) is 24.5. The molecule has 0 aliphatic heterocycles. The van der Waals surface area contributed by atoms with Crippen LogP contribution >= 0.6 is 0 Å². The van der Waals surface area contributed by atoms with Crippen LogP contribution in [0.1, 0.15) is 26.3 Å². The molecule has 5 nitrogen and oxygen atoms in total. The van der Waals surface area contributed by atoms with Gasteiger partial charge in [-0.3, -0.25) is 0 Å². The fourth-order valence-electron chi connectivity index (χ4n) is 1.84. The quantitative estimate of drug-likeness (QED) is 0.896. The van der Waals surface area contributed by atoms with Gasteiger partial charge in [-0.15, -0.1) is 0 Å². The second-order valence-corrected chi connectivity index (χ2v) is 6.03. The zero-order valence-corrected chi connectivity index (χ0v) is 12.7. The van der Waals surface area contributed by atoms with Crippen LogP contribution in [-0.4, -0.2) is 35.1 Å². The molecular weight excluding hydrogens is 275 g/mol. The molecule has 1 atom stereocenters. The molecule has 0 heterocycles. The molecule has 1 aromatic carbocycles. The highest BCUT2D eigenvalue weighted by molar-refractivity contribution is 5.83. The van der Waals surface area contributed by atoms with Crippen LogP contribution in [-0.2, 0) is 11.3 Å². The van der Waals surface area contributed by atoms with Gasteiger partial charge in [-0.2, -0.15) is 0 Å². The molecule has 0 aliphatic rings. The topological polar surface area (TPSA) is 69.6 Å². The van der Waals surface area contributed by atoms with E-state index in [0.29, 0.717) is 5.56 Å². The van der Waals surface area contributed by atoms with Gasteiger partial charge in [-0.05, 0) is 11.5 Å². The molecule has 1 rings (SSSR count). The van der Waals surface area contributed by atoms with Crippen molar-refractivity contribution in [1.29, 1.82) is 0 Å². The summed E-state index contributed by atoms with van der Waals surface area (Å²) >= 11 is 0. The largest absolute Gasteiger partial charge is 0.480 e. The number of carboxylic acid groups (broad SMARTS) is 1. The number of rotatable bonds is 4. The summed E-state index contributed by atoms with van der Waals surface area (Å²) in [5, 5.41) is 11.6. The molecule has 0 radical (unpaired) electrons. The number of nitrogens with zero attached hydrogens (tertiary/aromatic N) is 1. The van der Waals surface area contributed by atoms with E-state index in [9.17, 15) is 19.1 Å². The van der Waals surface area contributed by atoms with Gasteiger partial charge in [-0.25, -0.2) is 14.0 Å². The van der Waals surface area contributed by atoms with Crippen molar-refractivity contribution in [3.63, 3.8) is 0 Å². The molecule has 0 spiro atoms. The molecule has 116 valence electrons. The highest BCUT2D eigenvalue weighted by atomic mass is 19.1. The lowest BCUT2D eigenvalue weighted by molar-refractivity contribution is -0.142. The van der Waals surface area contributed by atoms with Crippen LogP contribution in [0.2, 0.25) is 0 Å². The van der Waals surface area contributed by atoms with Crippen molar-refractivity contribution >= 4 is 12.0 Å². The van der Waals surface area contributed by atoms with E-state index in [1.165, 1.54) is 18.0 Å². The molecule has 0 saturated heterocycles. The van der Waals surface area contributed by atoms with E-state index in [0.717, 1.165) is 0 Å². The van der Waals surface area contributed by atoms with E-state index in [2.05, 4.69) is 5.32 Å². The highest BCUT2D eigenvalue weighted by Gasteiger charge is 2.33. The third-order valence-electron chi connectivity index (χ3n) is 3.09. The number of benzene rings is 1. The van der Waals surface area contributed by atoms with Gasteiger partial charge >= 0.3 is 12.0 Å². The number of amides is 2. The molecule has 0 bridgehead atoms. The number of nitrogens with one attached hydrogen (secondary N) is 1. The maximum atomic E-state index is 13.5. The van der Waals surface area contributed by atoms with Crippen molar-refractivity contribution in [2.24, 2.45) is 5.41 Å². The Balaban J connectivity index is 2.75. The molecule has 1 aromatic rings. The predicted octanol–water partition coefficient (Wildman–Crippen LogP) is 2.47. The first-order chi connectivity index (χ1) is 9.62. The number of aliphatic carboxylic acids is 1. The standard InChI is InChI=1S/C15H21FN2O3/c1-15(2,3)12(13(19)20)17-14(21)18(4)9-10-7-5-6-8-11(10)16/h5-8,12H,9H2,1-4H3,(H,17,21)(H,19,20)/t12-/m0/s1. The van der Waals surface area contributed by atoms with Crippen LogP contribution in [0.25, 0.3) is 0 Å². The van der Waals surface area contributed by atoms with Crippen LogP contribution in [0.5, 0.6) is 0 Å². The van der Waals surface area contributed by atoms with Gasteiger partial charge in [0.2, 0.25) is 0 Å². The number of urea groups is 1. The molecular formula is C15H21FN2O3. The number of hydrogen-bond donors (Lipinski definition) is 2. The maximum Gasteiger partial charge on any atom is 0.326 e. The summed E-state index contributed by atoms with van der Waals surface area (Å²) < 4.78 is 13.5. The minimum Gasteiger partial charge on any atom is -0.480 e. The first-order valence-electron chi connectivity index (χ1n) is 6.60. The van der Waals surface area contributed by atoms with Gasteiger partial charge in [-0.1, -0.05) is 39.0 Å². The van der Waals surface area contributed by atoms with Gasteiger partial charge in [0.25, 0.3) is 0 Å². The van der Waals surface area contributed by atoms with Crippen molar-refractivity contribution in [1.82, 2.24) is 10.2 Å². The first kappa shape index (κ1) is 16.9. The normalized spacial score (nSPS) is 12.6. The Morgan fingerprint density at radius 3 is 2.38 bits per heavy atom. The minimum atomic E-state index is -1.10. The molecule has 0 unspecified atom stereocenters. The average Bonchev–Trinajstić information content (AvgIpc) is 2.36. The minimum absolute atomic E-state index is 0.0645. The van der Waals surface area contributed by atoms with Crippen LogP contribution in [0.15, 0.2) is 24.3 Å². The SMILES string of the molecule is CN(Cc1ccccc1F)C(=O)N[C@@H](C(=O)O)C(C)(C)C. The Labute approximate surface area is 123 Å². The van der Waals surface area contributed by atoms with Crippen LogP contribution in [0.4, 0.5) is 9.18 Å². The zero-order valence-electron chi connectivity index (χ0n) is 12.7. The second-order valence-electron chi connectivity index (χ2n) is 6.03. The van der Waals surface area contributed by atoms with Gasteiger partial charge < -0.3 is 15.3 Å². The molecule has 0 fully saturated rings. The van der Waals surface area contributed by atoms with Gasteiger partial charge in [0.15, 0.2) is 0 Å². The van der Waals surface area contributed by atoms with Crippen LogP contribution < -0.4 is 5.32 Å². The molecule has 2 N–H and O–H groups in total. The van der Waals surface area contributed by atoms with E-state index >= 15 is 0 Å². The third-order valence-corrected chi connectivity index (χ3v) is 3.09. The lowest BCUT2D eigenvalue weighted by atomic mass is 9.87. The van der Waals surface area contributed by atoms with Crippen molar-refractivity contribution < 1.29 is 19.1 Å². The summed E-state index contributed by atoms with van der Waals surface area (Å²) in [6.45, 7) is 5.24. The fourth-order valence-corrected chi connectivity index (χ4v) is 1.84. The summed E-state index contributed by atoms with van der Waals surface area (Å²) in [5.41, 5.74) is -0.252. The van der Waals surface area contributed by atoms with Crippen molar-refractivity contribution in [2.75, 3.05) is 7.05 Å². The number of hydrogen-bond acceptors (Lipinski definition) is 2. The van der Waals surface area contributed by atoms with E-state index in [-0.39, 0.29) is 6.54 Å². The second kappa shape index (κ2) is 6.56. The number of halogens is 1. The van der Waals surface area contributed by atoms with Gasteiger partial charge in [0, 0.05) is 19.2 Å². The van der Waals surface area contributed by atoms with Crippen molar-refractivity contribution in [3.05, 3.63) is 35.6 Å². The van der Waals surface area contributed by atoms with Crippen molar-refractivity contribution in [3.8, 4) is 0 Å². The van der Waals surface area contributed by atoms with Gasteiger partial charge in [0.05, 0.1) is 0 Å². The third kappa shape index (κ3) is 4.73. The predicted molar refractivity (Wildman–Crippen MR) is 77.3 cm³/mol. The van der Waals surface area contributed by atoms with E-state index in [1.807, 2.05) is 0 Å². The van der Waals surface area contributed by atoms with E-state index < -0.39 is 29.3 Å². The number of carboxylic acids is 1. The molecule has 0 saturated carbocycles.